The van der Waals surface area contributed by atoms with Crippen molar-refractivity contribution in [1.29, 1.82) is 0 Å². The molecule has 0 saturated carbocycles. The molecule has 0 aliphatic rings. The largest absolute Gasteiger partial charge is 0.345 e. The highest BCUT2D eigenvalue weighted by Crippen LogP contribution is 2.24. The van der Waals surface area contributed by atoms with Crippen molar-refractivity contribution in [2.75, 3.05) is 6.26 Å². The Kier molecular flexibility index (Phi) is 5.44. The smallest absolute Gasteiger partial charge is 0.282 e. The number of nitro groups is 1. The number of sulfone groups is 1. The molecule has 9 heteroatoms. The van der Waals surface area contributed by atoms with Crippen LogP contribution < -0.4 is 5.32 Å². The summed E-state index contributed by atoms with van der Waals surface area (Å²) in [5.41, 5.74) is 0.170. The zero-order valence-electron chi connectivity index (χ0n) is 13.4. The van der Waals surface area contributed by atoms with Crippen LogP contribution in [-0.4, -0.2) is 25.5 Å². The van der Waals surface area contributed by atoms with Gasteiger partial charge in [-0.1, -0.05) is 23.7 Å². The van der Waals surface area contributed by atoms with Crippen molar-refractivity contribution in [2.24, 2.45) is 0 Å². The number of hydrogen-bond acceptors (Lipinski definition) is 5. The number of carbonyl (C=O) groups excluding carboxylic acids is 1. The van der Waals surface area contributed by atoms with Gasteiger partial charge in [0.25, 0.3) is 11.6 Å². The Morgan fingerprint density at radius 1 is 1.20 bits per heavy atom. The van der Waals surface area contributed by atoms with Gasteiger partial charge >= 0.3 is 0 Å². The van der Waals surface area contributed by atoms with Gasteiger partial charge in [-0.2, -0.15) is 0 Å². The van der Waals surface area contributed by atoms with Crippen molar-refractivity contribution in [3.63, 3.8) is 0 Å². The maximum Gasteiger partial charge on any atom is 0.282 e. The number of nitrogens with zero attached hydrogens (tertiary/aromatic N) is 1. The molecule has 2 rings (SSSR count). The predicted octanol–water partition coefficient (Wildman–Crippen LogP) is 3.14. The Hall–Kier alpha value is -2.45. The third-order valence-electron chi connectivity index (χ3n) is 3.56. The first-order valence-corrected chi connectivity index (χ1v) is 9.41. The monoisotopic (exact) mass is 382 g/mol. The number of nitro benzene ring substituents is 1. The fourth-order valence-electron chi connectivity index (χ4n) is 2.21. The van der Waals surface area contributed by atoms with Crippen molar-refractivity contribution in [2.45, 2.75) is 17.9 Å². The quantitative estimate of drug-likeness (QED) is 0.631. The van der Waals surface area contributed by atoms with Crippen molar-refractivity contribution < 1.29 is 18.1 Å². The Bertz CT molecular complexity index is 926. The predicted molar refractivity (Wildman–Crippen MR) is 93.5 cm³/mol. The van der Waals surface area contributed by atoms with Gasteiger partial charge in [-0.25, -0.2) is 8.42 Å². The van der Waals surface area contributed by atoms with E-state index in [4.69, 9.17) is 11.6 Å². The van der Waals surface area contributed by atoms with Crippen LogP contribution in [0, 0.1) is 10.1 Å². The highest BCUT2D eigenvalue weighted by Gasteiger charge is 2.22. The van der Waals surface area contributed by atoms with Crippen LogP contribution in [-0.2, 0) is 9.84 Å². The molecule has 7 nitrogen and oxygen atoms in total. The number of rotatable bonds is 5. The van der Waals surface area contributed by atoms with Crippen LogP contribution >= 0.6 is 11.6 Å². The van der Waals surface area contributed by atoms with Gasteiger partial charge in [0.15, 0.2) is 9.84 Å². The van der Waals surface area contributed by atoms with E-state index in [-0.39, 0.29) is 21.2 Å². The average Bonchev–Trinajstić information content (AvgIpc) is 2.53. The SMILES string of the molecule is CC(NC(=O)c1cc(Cl)ccc1[N+](=O)[O-])c1ccc(S(C)(=O)=O)cc1. The highest BCUT2D eigenvalue weighted by molar-refractivity contribution is 7.90. The zero-order valence-corrected chi connectivity index (χ0v) is 15.0. The van der Waals surface area contributed by atoms with Gasteiger partial charge in [-0.05, 0) is 36.8 Å². The molecule has 0 aliphatic carbocycles. The fraction of sp³-hybridized carbons (Fsp3) is 0.188. The number of carbonyl (C=O) groups is 1. The molecular formula is C16H15ClN2O5S. The van der Waals surface area contributed by atoms with E-state index >= 15 is 0 Å². The lowest BCUT2D eigenvalue weighted by molar-refractivity contribution is -0.385. The summed E-state index contributed by atoms with van der Waals surface area (Å²) in [6, 6.07) is 9.28. The van der Waals surface area contributed by atoms with E-state index in [0.717, 1.165) is 6.26 Å². The second kappa shape index (κ2) is 7.20. The first kappa shape index (κ1) is 18.9. The van der Waals surface area contributed by atoms with Gasteiger partial charge in [0.2, 0.25) is 0 Å². The number of hydrogen-bond donors (Lipinski definition) is 1. The molecule has 0 heterocycles. The molecule has 132 valence electrons. The Morgan fingerprint density at radius 2 is 1.80 bits per heavy atom. The molecule has 1 atom stereocenters. The van der Waals surface area contributed by atoms with E-state index in [9.17, 15) is 23.3 Å². The first-order valence-electron chi connectivity index (χ1n) is 7.14. The minimum Gasteiger partial charge on any atom is -0.345 e. The molecule has 0 saturated heterocycles. The lowest BCUT2D eigenvalue weighted by Crippen LogP contribution is -2.27. The molecule has 1 amide bonds. The van der Waals surface area contributed by atoms with Crippen LogP contribution in [0.3, 0.4) is 0 Å². The van der Waals surface area contributed by atoms with E-state index in [2.05, 4.69) is 5.32 Å². The maximum absolute atomic E-state index is 12.4. The molecular weight excluding hydrogens is 368 g/mol. The average molecular weight is 383 g/mol. The number of amides is 1. The number of benzene rings is 2. The van der Waals surface area contributed by atoms with Crippen molar-refractivity contribution in [1.82, 2.24) is 5.32 Å². The van der Waals surface area contributed by atoms with Crippen molar-refractivity contribution >= 4 is 33.0 Å². The summed E-state index contributed by atoms with van der Waals surface area (Å²) >= 11 is 5.82. The van der Waals surface area contributed by atoms with E-state index < -0.39 is 26.7 Å². The molecule has 1 unspecified atom stereocenters. The van der Waals surface area contributed by atoms with Gasteiger partial charge in [0.1, 0.15) is 5.56 Å². The summed E-state index contributed by atoms with van der Waals surface area (Å²) in [5, 5.41) is 13.9. The van der Waals surface area contributed by atoms with Crippen LogP contribution in [0.4, 0.5) is 5.69 Å². The minimum absolute atomic E-state index is 0.142. The van der Waals surface area contributed by atoms with Gasteiger partial charge in [-0.15, -0.1) is 0 Å². The summed E-state index contributed by atoms with van der Waals surface area (Å²) in [5.74, 6) is -0.645. The van der Waals surface area contributed by atoms with Crippen molar-refractivity contribution in [3.8, 4) is 0 Å². The summed E-state index contributed by atoms with van der Waals surface area (Å²) in [6.07, 6.45) is 1.10. The van der Waals surface area contributed by atoms with E-state index in [1.807, 2.05) is 0 Å². The first-order chi connectivity index (χ1) is 11.6. The minimum atomic E-state index is -3.31. The van der Waals surface area contributed by atoms with Crippen LogP contribution in [0.5, 0.6) is 0 Å². The van der Waals surface area contributed by atoms with Crippen LogP contribution in [0.15, 0.2) is 47.4 Å². The summed E-state index contributed by atoms with van der Waals surface area (Å²) in [6.45, 7) is 1.68. The lowest BCUT2D eigenvalue weighted by Gasteiger charge is -2.15. The maximum atomic E-state index is 12.4. The molecule has 0 spiro atoms. The van der Waals surface area contributed by atoms with Crippen LogP contribution in [0.25, 0.3) is 0 Å². The van der Waals surface area contributed by atoms with Gasteiger partial charge in [0, 0.05) is 17.3 Å². The molecule has 0 radical (unpaired) electrons. The Morgan fingerprint density at radius 3 is 2.32 bits per heavy atom. The van der Waals surface area contributed by atoms with Crippen LogP contribution in [0.1, 0.15) is 28.9 Å². The molecule has 2 aromatic carbocycles. The summed E-state index contributed by atoms with van der Waals surface area (Å²) < 4.78 is 22.9. The van der Waals surface area contributed by atoms with Gasteiger partial charge in [0.05, 0.1) is 15.9 Å². The standard InChI is InChI=1S/C16H15ClN2O5S/c1-10(11-3-6-13(7-4-11)25(2,23)24)18-16(20)14-9-12(17)5-8-15(14)19(21)22/h3-10H,1-2H3,(H,18,20). The number of halogens is 1. The van der Waals surface area contributed by atoms with Crippen molar-refractivity contribution in [3.05, 3.63) is 68.7 Å². The molecule has 25 heavy (non-hydrogen) atoms. The summed E-state index contributed by atoms with van der Waals surface area (Å²) in [7, 11) is -3.31. The van der Waals surface area contributed by atoms with Gasteiger partial charge < -0.3 is 5.32 Å². The molecule has 0 aromatic heterocycles. The fourth-order valence-corrected chi connectivity index (χ4v) is 3.01. The van der Waals surface area contributed by atoms with E-state index in [0.29, 0.717) is 5.56 Å². The highest BCUT2D eigenvalue weighted by atomic mass is 35.5. The topological polar surface area (TPSA) is 106 Å². The molecule has 0 bridgehead atoms. The molecule has 0 fully saturated rings. The second-order valence-corrected chi connectivity index (χ2v) is 7.91. The van der Waals surface area contributed by atoms with Gasteiger partial charge in [-0.3, -0.25) is 14.9 Å². The number of nitrogens with one attached hydrogen (secondary N) is 1. The van der Waals surface area contributed by atoms with E-state index in [1.165, 1.54) is 30.3 Å². The second-order valence-electron chi connectivity index (χ2n) is 5.45. The molecule has 2 aromatic rings. The third kappa shape index (κ3) is 4.55. The molecule has 1 N–H and O–H groups in total. The lowest BCUT2D eigenvalue weighted by atomic mass is 10.1. The van der Waals surface area contributed by atoms with E-state index in [1.54, 1.807) is 19.1 Å². The zero-order chi connectivity index (χ0) is 18.8. The molecule has 0 aliphatic heterocycles. The normalized spacial score (nSPS) is 12.4. The van der Waals surface area contributed by atoms with Crippen LogP contribution in [0.2, 0.25) is 5.02 Å². The Balaban J connectivity index is 2.23. The summed E-state index contributed by atoms with van der Waals surface area (Å²) in [4.78, 5) is 22.9. The third-order valence-corrected chi connectivity index (χ3v) is 4.92. The Labute approximate surface area is 149 Å².